The predicted octanol–water partition coefficient (Wildman–Crippen LogP) is 4.46. The van der Waals surface area contributed by atoms with Crippen molar-refractivity contribution in [3.05, 3.63) is 101 Å². The summed E-state index contributed by atoms with van der Waals surface area (Å²) in [5.41, 5.74) is 3.98. The van der Waals surface area contributed by atoms with Crippen molar-refractivity contribution in [3.63, 3.8) is 0 Å². The number of hydrogen-bond donors (Lipinski definition) is 1. The van der Waals surface area contributed by atoms with E-state index in [2.05, 4.69) is 5.32 Å². The molecule has 0 saturated heterocycles. The number of hydrogen-bond acceptors (Lipinski definition) is 3. The van der Waals surface area contributed by atoms with Gasteiger partial charge in [-0.15, -0.1) is 0 Å². The van der Waals surface area contributed by atoms with Crippen LogP contribution in [-0.4, -0.2) is 35.9 Å². The average Bonchev–Trinajstić information content (AvgIpc) is 2.83. The molecule has 0 aromatic heterocycles. The predicted molar refractivity (Wildman–Crippen MR) is 131 cm³/mol. The first-order valence-corrected chi connectivity index (χ1v) is 11.3. The van der Waals surface area contributed by atoms with Gasteiger partial charge < -0.3 is 15.0 Å². The van der Waals surface area contributed by atoms with E-state index in [9.17, 15) is 9.59 Å². The highest BCUT2D eigenvalue weighted by Crippen LogP contribution is 2.20. The zero-order valence-corrected chi connectivity index (χ0v) is 19.6. The Morgan fingerprint density at radius 2 is 1.55 bits per heavy atom. The molecule has 5 nitrogen and oxygen atoms in total. The maximum atomic E-state index is 13.5. The van der Waals surface area contributed by atoms with Gasteiger partial charge in [0.15, 0.2) is 6.61 Å². The number of rotatable bonds is 10. The van der Waals surface area contributed by atoms with Gasteiger partial charge in [-0.2, -0.15) is 0 Å². The van der Waals surface area contributed by atoms with Gasteiger partial charge in [-0.3, -0.25) is 9.59 Å². The van der Waals surface area contributed by atoms with Gasteiger partial charge in [0.1, 0.15) is 11.8 Å². The largest absolute Gasteiger partial charge is 0.483 e. The third-order valence-corrected chi connectivity index (χ3v) is 5.51. The van der Waals surface area contributed by atoms with Crippen LogP contribution in [-0.2, 0) is 22.6 Å². The van der Waals surface area contributed by atoms with Crippen LogP contribution in [0.5, 0.6) is 5.75 Å². The van der Waals surface area contributed by atoms with Gasteiger partial charge in [0, 0.05) is 19.5 Å². The van der Waals surface area contributed by atoms with Gasteiger partial charge in [0.05, 0.1) is 0 Å². The number of benzene rings is 3. The van der Waals surface area contributed by atoms with E-state index in [-0.39, 0.29) is 18.4 Å². The normalized spacial score (nSPS) is 11.5. The lowest BCUT2D eigenvalue weighted by atomic mass is 10.0. The van der Waals surface area contributed by atoms with Crippen LogP contribution in [0.1, 0.15) is 29.2 Å². The molecule has 1 N–H and O–H groups in total. The molecule has 0 aliphatic rings. The van der Waals surface area contributed by atoms with E-state index in [0.717, 1.165) is 22.3 Å². The van der Waals surface area contributed by atoms with Crippen molar-refractivity contribution >= 4 is 11.8 Å². The van der Waals surface area contributed by atoms with Crippen LogP contribution in [0, 0.1) is 13.8 Å². The SMILES string of the molecule is CCNC(=O)[C@H](Cc1ccccc1)N(Cc1ccccc1)C(=O)COc1cc(C)ccc1C. The molecule has 0 fully saturated rings. The number of nitrogens with one attached hydrogen (secondary N) is 1. The zero-order valence-electron chi connectivity index (χ0n) is 19.6. The van der Waals surface area contributed by atoms with E-state index < -0.39 is 6.04 Å². The van der Waals surface area contributed by atoms with Gasteiger partial charge in [-0.1, -0.05) is 72.8 Å². The highest BCUT2D eigenvalue weighted by molar-refractivity contribution is 5.88. The third kappa shape index (κ3) is 6.94. The van der Waals surface area contributed by atoms with Crippen molar-refractivity contribution in [1.82, 2.24) is 10.2 Å². The topological polar surface area (TPSA) is 58.6 Å². The van der Waals surface area contributed by atoms with Crippen molar-refractivity contribution in [3.8, 4) is 5.75 Å². The molecule has 2 amide bonds. The first kappa shape index (κ1) is 24.1. The molecule has 0 bridgehead atoms. The van der Waals surface area contributed by atoms with Crippen LogP contribution < -0.4 is 10.1 Å². The number of carbonyl (C=O) groups is 2. The first-order chi connectivity index (χ1) is 16.0. The maximum absolute atomic E-state index is 13.5. The molecule has 172 valence electrons. The Morgan fingerprint density at radius 3 is 2.18 bits per heavy atom. The van der Waals surface area contributed by atoms with E-state index in [1.807, 2.05) is 99.6 Å². The molecule has 0 aliphatic carbocycles. The minimum atomic E-state index is -0.651. The lowest BCUT2D eigenvalue weighted by Gasteiger charge is -2.31. The first-order valence-electron chi connectivity index (χ1n) is 11.3. The summed E-state index contributed by atoms with van der Waals surface area (Å²) in [4.78, 5) is 28.2. The van der Waals surface area contributed by atoms with Crippen LogP contribution in [0.25, 0.3) is 0 Å². The van der Waals surface area contributed by atoms with Crippen LogP contribution in [0.4, 0.5) is 0 Å². The van der Waals surface area contributed by atoms with Crippen LogP contribution in [0.3, 0.4) is 0 Å². The van der Waals surface area contributed by atoms with Crippen molar-refractivity contribution in [1.29, 1.82) is 0 Å². The average molecular weight is 445 g/mol. The number of nitrogens with zero attached hydrogens (tertiary/aromatic N) is 1. The Labute approximate surface area is 196 Å². The zero-order chi connectivity index (χ0) is 23.6. The molecular formula is C28H32N2O3. The maximum Gasteiger partial charge on any atom is 0.261 e. The van der Waals surface area contributed by atoms with E-state index >= 15 is 0 Å². The standard InChI is InChI=1S/C28H32N2O3/c1-4-29-28(32)25(18-23-11-7-5-8-12-23)30(19-24-13-9-6-10-14-24)27(31)20-33-26-17-21(2)15-16-22(26)3/h5-17,25H,4,18-20H2,1-3H3,(H,29,32)/t25-/m0/s1. The second-order valence-electron chi connectivity index (χ2n) is 8.16. The number of aryl methyl sites for hydroxylation is 2. The molecule has 0 unspecified atom stereocenters. The summed E-state index contributed by atoms with van der Waals surface area (Å²) in [5.74, 6) is 0.282. The fourth-order valence-electron chi connectivity index (χ4n) is 3.71. The van der Waals surface area contributed by atoms with E-state index in [1.165, 1.54) is 0 Å². The number of carbonyl (C=O) groups excluding carboxylic acids is 2. The third-order valence-electron chi connectivity index (χ3n) is 5.51. The molecule has 33 heavy (non-hydrogen) atoms. The fraction of sp³-hybridized carbons (Fsp3) is 0.286. The van der Waals surface area contributed by atoms with Crippen molar-refractivity contribution in [2.45, 2.75) is 39.8 Å². The van der Waals surface area contributed by atoms with E-state index in [0.29, 0.717) is 25.3 Å². The van der Waals surface area contributed by atoms with Crippen molar-refractivity contribution in [2.75, 3.05) is 13.2 Å². The van der Waals surface area contributed by atoms with E-state index in [1.54, 1.807) is 4.90 Å². The van der Waals surface area contributed by atoms with Gasteiger partial charge in [0.2, 0.25) is 5.91 Å². The lowest BCUT2D eigenvalue weighted by molar-refractivity contribution is -0.142. The molecule has 0 aliphatic heterocycles. The van der Waals surface area contributed by atoms with Gasteiger partial charge in [0.25, 0.3) is 5.91 Å². The summed E-state index contributed by atoms with van der Waals surface area (Å²) < 4.78 is 5.92. The number of ether oxygens (including phenoxy) is 1. The van der Waals surface area contributed by atoms with Crippen LogP contribution in [0.15, 0.2) is 78.9 Å². The molecule has 0 saturated carbocycles. The second kappa shape index (κ2) is 11.9. The molecule has 3 aromatic rings. The smallest absolute Gasteiger partial charge is 0.261 e. The monoisotopic (exact) mass is 444 g/mol. The van der Waals surface area contributed by atoms with Crippen molar-refractivity contribution < 1.29 is 14.3 Å². The Hall–Kier alpha value is -3.60. The Balaban J connectivity index is 1.88. The quantitative estimate of drug-likeness (QED) is 0.502. The van der Waals surface area contributed by atoms with E-state index in [4.69, 9.17) is 4.74 Å². The molecule has 0 heterocycles. The number of amides is 2. The molecule has 3 aromatic carbocycles. The Bertz CT molecular complexity index is 1050. The van der Waals surface area contributed by atoms with Gasteiger partial charge in [-0.05, 0) is 49.1 Å². The molecule has 3 rings (SSSR count). The lowest BCUT2D eigenvalue weighted by Crippen LogP contribution is -2.51. The summed E-state index contributed by atoms with van der Waals surface area (Å²) in [6.07, 6.45) is 0.425. The summed E-state index contributed by atoms with van der Waals surface area (Å²) in [7, 11) is 0. The molecule has 0 spiro atoms. The Kier molecular flexibility index (Phi) is 8.64. The highest BCUT2D eigenvalue weighted by Gasteiger charge is 2.30. The summed E-state index contributed by atoms with van der Waals surface area (Å²) in [5, 5.41) is 2.90. The summed E-state index contributed by atoms with van der Waals surface area (Å²) >= 11 is 0. The number of likely N-dealkylation sites (N-methyl/N-ethyl adjacent to an activating group) is 1. The van der Waals surface area contributed by atoms with Crippen molar-refractivity contribution in [2.24, 2.45) is 0 Å². The fourth-order valence-corrected chi connectivity index (χ4v) is 3.71. The van der Waals surface area contributed by atoms with Gasteiger partial charge >= 0.3 is 0 Å². The molecule has 5 heteroatoms. The minimum Gasteiger partial charge on any atom is -0.483 e. The summed E-state index contributed by atoms with van der Waals surface area (Å²) in [6, 6.07) is 24.8. The van der Waals surface area contributed by atoms with Crippen LogP contribution >= 0.6 is 0 Å². The molecular weight excluding hydrogens is 412 g/mol. The highest BCUT2D eigenvalue weighted by atomic mass is 16.5. The Morgan fingerprint density at radius 1 is 0.909 bits per heavy atom. The van der Waals surface area contributed by atoms with Crippen LogP contribution in [0.2, 0.25) is 0 Å². The minimum absolute atomic E-state index is 0.137. The molecule has 0 radical (unpaired) electrons. The summed E-state index contributed by atoms with van der Waals surface area (Å²) in [6.45, 7) is 6.50. The second-order valence-corrected chi connectivity index (χ2v) is 8.16. The molecule has 1 atom stereocenters. The van der Waals surface area contributed by atoms with Gasteiger partial charge in [-0.25, -0.2) is 0 Å².